The van der Waals surface area contributed by atoms with Gasteiger partial charge in [0.1, 0.15) is 5.82 Å². The monoisotopic (exact) mass is 451 g/mol. The van der Waals surface area contributed by atoms with Crippen LogP contribution in [0, 0.1) is 0 Å². The topological polar surface area (TPSA) is 47.2 Å². The Labute approximate surface area is 169 Å². The van der Waals surface area contributed by atoms with E-state index in [1.54, 1.807) is 30.5 Å². The number of hydrogen-bond donors (Lipinski definition) is 0. The number of fused-ring (bicyclic) bond motifs is 1. The number of benzene rings is 2. The summed E-state index contributed by atoms with van der Waals surface area (Å²) < 4.78 is 2.18. The zero-order valence-electron chi connectivity index (χ0n) is 14.0. The minimum absolute atomic E-state index is 0.205. The second-order valence-corrected chi connectivity index (χ2v) is 7.58. The minimum atomic E-state index is -0.205. The molecule has 2 aromatic carbocycles. The Morgan fingerprint density at radius 2 is 2.04 bits per heavy atom. The maximum atomic E-state index is 13.0. The standard InChI is InChI=1S/C19H16BrCl2N3O/c1-2-3-4-18-24-17-8-6-13(20)9-15(17)19(26)25(18)23-11-12-5-7-14(21)10-16(12)22/h5-11H,2-4H2,1H3. The van der Waals surface area contributed by atoms with Gasteiger partial charge in [-0.1, -0.05) is 58.5 Å². The zero-order valence-corrected chi connectivity index (χ0v) is 17.1. The summed E-state index contributed by atoms with van der Waals surface area (Å²) in [7, 11) is 0. The van der Waals surface area contributed by atoms with Crippen LogP contribution in [0.1, 0.15) is 31.2 Å². The van der Waals surface area contributed by atoms with Gasteiger partial charge in [0.15, 0.2) is 0 Å². The third kappa shape index (κ3) is 4.17. The molecule has 0 aliphatic rings. The van der Waals surface area contributed by atoms with Crippen LogP contribution in [0.15, 0.2) is 50.8 Å². The van der Waals surface area contributed by atoms with Gasteiger partial charge in [-0.3, -0.25) is 4.79 Å². The van der Waals surface area contributed by atoms with Crippen molar-refractivity contribution in [2.45, 2.75) is 26.2 Å². The van der Waals surface area contributed by atoms with Crippen molar-refractivity contribution in [2.75, 3.05) is 0 Å². The van der Waals surface area contributed by atoms with Crippen LogP contribution < -0.4 is 5.56 Å². The van der Waals surface area contributed by atoms with Crippen LogP contribution in [0.25, 0.3) is 10.9 Å². The molecule has 0 saturated carbocycles. The Hall–Kier alpha value is -1.69. The SMILES string of the molecule is CCCCc1nc2ccc(Br)cc2c(=O)n1N=Cc1ccc(Cl)cc1Cl. The highest BCUT2D eigenvalue weighted by atomic mass is 79.9. The second-order valence-electron chi connectivity index (χ2n) is 5.82. The van der Waals surface area contributed by atoms with Crippen LogP contribution in [0.2, 0.25) is 10.0 Å². The average molecular weight is 453 g/mol. The largest absolute Gasteiger partial charge is 0.282 e. The number of hydrogen-bond acceptors (Lipinski definition) is 3. The van der Waals surface area contributed by atoms with E-state index in [4.69, 9.17) is 23.2 Å². The van der Waals surface area contributed by atoms with Gasteiger partial charge in [0.25, 0.3) is 5.56 Å². The molecular formula is C19H16BrCl2N3O. The van der Waals surface area contributed by atoms with Gasteiger partial charge in [-0.2, -0.15) is 9.78 Å². The Bertz CT molecular complexity index is 1050. The van der Waals surface area contributed by atoms with E-state index in [1.807, 2.05) is 12.1 Å². The average Bonchev–Trinajstić information content (AvgIpc) is 2.61. The van der Waals surface area contributed by atoms with Crippen molar-refractivity contribution in [3.63, 3.8) is 0 Å². The van der Waals surface area contributed by atoms with Gasteiger partial charge >= 0.3 is 0 Å². The highest BCUT2D eigenvalue weighted by Gasteiger charge is 2.11. The molecule has 0 aliphatic carbocycles. The van der Waals surface area contributed by atoms with Crippen LogP contribution in [0.5, 0.6) is 0 Å². The van der Waals surface area contributed by atoms with Crippen molar-refractivity contribution >= 4 is 56.2 Å². The minimum Gasteiger partial charge on any atom is -0.267 e. The van der Waals surface area contributed by atoms with Crippen LogP contribution in [-0.4, -0.2) is 15.9 Å². The molecule has 0 saturated heterocycles. The van der Waals surface area contributed by atoms with Crippen molar-refractivity contribution in [2.24, 2.45) is 5.10 Å². The van der Waals surface area contributed by atoms with E-state index in [1.165, 1.54) is 4.68 Å². The summed E-state index contributed by atoms with van der Waals surface area (Å²) in [5.41, 5.74) is 1.14. The molecule has 134 valence electrons. The van der Waals surface area contributed by atoms with E-state index in [9.17, 15) is 4.79 Å². The molecule has 0 unspecified atom stereocenters. The van der Waals surface area contributed by atoms with Crippen molar-refractivity contribution in [3.8, 4) is 0 Å². The molecule has 0 bridgehead atoms. The van der Waals surface area contributed by atoms with Crippen LogP contribution in [0.4, 0.5) is 0 Å². The molecule has 0 fully saturated rings. The molecule has 0 amide bonds. The smallest absolute Gasteiger partial charge is 0.267 e. The molecule has 0 N–H and O–H groups in total. The van der Waals surface area contributed by atoms with Gasteiger partial charge in [0.05, 0.1) is 22.1 Å². The van der Waals surface area contributed by atoms with Crippen molar-refractivity contribution < 1.29 is 0 Å². The molecule has 0 spiro atoms. The van der Waals surface area contributed by atoms with Gasteiger partial charge < -0.3 is 0 Å². The van der Waals surface area contributed by atoms with Gasteiger partial charge in [-0.05, 0) is 36.8 Å². The molecule has 0 aliphatic heterocycles. The lowest BCUT2D eigenvalue weighted by atomic mass is 10.2. The second kappa shape index (κ2) is 8.33. The zero-order chi connectivity index (χ0) is 18.7. The van der Waals surface area contributed by atoms with Gasteiger partial charge in [0, 0.05) is 21.5 Å². The third-order valence-electron chi connectivity index (χ3n) is 3.90. The molecule has 7 heteroatoms. The number of unbranched alkanes of at least 4 members (excludes halogenated alkanes) is 1. The van der Waals surface area contributed by atoms with Crippen LogP contribution in [0.3, 0.4) is 0 Å². The van der Waals surface area contributed by atoms with E-state index >= 15 is 0 Å². The molecule has 3 rings (SSSR count). The summed E-state index contributed by atoms with van der Waals surface area (Å²) in [6, 6.07) is 10.6. The number of halogens is 3. The van der Waals surface area contributed by atoms with E-state index in [-0.39, 0.29) is 5.56 Å². The van der Waals surface area contributed by atoms with E-state index in [0.29, 0.717) is 38.8 Å². The van der Waals surface area contributed by atoms with Crippen molar-refractivity contribution in [3.05, 3.63) is 72.7 Å². The first-order chi connectivity index (χ1) is 12.5. The van der Waals surface area contributed by atoms with Crippen LogP contribution in [-0.2, 0) is 6.42 Å². The molecular weight excluding hydrogens is 437 g/mol. The first-order valence-electron chi connectivity index (χ1n) is 8.20. The summed E-state index contributed by atoms with van der Waals surface area (Å²) in [5.74, 6) is 0.632. The quantitative estimate of drug-likeness (QED) is 0.466. The Balaban J connectivity index is 2.13. The fourth-order valence-corrected chi connectivity index (χ4v) is 3.36. The van der Waals surface area contributed by atoms with Gasteiger partial charge in [-0.25, -0.2) is 4.98 Å². The van der Waals surface area contributed by atoms with Gasteiger partial charge in [-0.15, -0.1) is 0 Å². The number of nitrogens with zero attached hydrogens (tertiary/aromatic N) is 3. The first-order valence-corrected chi connectivity index (χ1v) is 9.75. The summed E-state index contributed by atoms with van der Waals surface area (Å²) in [6.07, 6.45) is 4.15. The van der Waals surface area contributed by atoms with E-state index < -0.39 is 0 Å². The highest BCUT2D eigenvalue weighted by Crippen LogP contribution is 2.20. The summed E-state index contributed by atoms with van der Waals surface area (Å²) in [4.78, 5) is 17.6. The predicted octanol–water partition coefficient (Wildman–Crippen LogP) is 5.69. The Morgan fingerprint density at radius 3 is 2.77 bits per heavy atom. The summed E-state index contributed by atoms with van der Waals surface area (Å²) in [5, 5.41) is 5.91. The molecule has 0 radical (unpaired) electrons. The van der Waals surface area contributed by atoms with E-state index in [0.717, 1.165) is 17.3 Å². The molecule has 0 atom stereocenters. The van der Waals surface area contributed by atoms with Crippen LogP contribution >= 0.6 is 39.1 Å². The van der Waals surface area contributed by atoms with Crippen molar-refractivity contribution in [1.29, 1.82) is 0 Å². The first kappa shape index (κ1) is 19.1. The maximum absolute atomic E-state index is 13.0. The Kier molecular flexibility index (Phi) is 6.12. The fraction of sp³-hybridized carbons (Fsp3) is 0.211. The lowest BCUT2D eigenvalue weighted by molar-refractivity contribution is 0.675. The highest BCUT2D eigenvalue weighted by molar-refractivity contribution is 9.10. The molecule has 1 heterocycles. The molecule has 4 nitrogen and oxygen atoms in total. The predicted molar refractivity (Wildman–Crippen MR) is 112 cm³/mol. The summed E-state index contributed by atoms with van der Waals surface area (Å²) >= 11 is 15.5. The fourth-order valence-electron chi connectivity index (χ4n) is 2.54. The number of aryl methyl sites for hydroxylation is 1. The lowest BCUT2D eigenvalue weighted by Gasteiger charge is -2.09. The number of aromatic nitrogens is 2. The normalized spacial score (nSPS) is 11.5. The maximum Gasteiger partial charge on any atom is 0.282 e. The van der Waals surface area contributed by atoms with Crippen molar-refractivity contribution in [1.82, 2.24) is 9.66 Å². The van der Waals surface area contributed by atoms with E-state index in [2.05, 4.69) is 32.9 Å². The molecule has 26 heavy (non-hydrogen) atoms. The lowest BCUT2D eigenvalue weighted by Crippen LogP contribution is -2.22. The molecule has 1 aromatic heterocycles. The van der Waals surface area contributed by atoms with Gasteiger partial charge in [0.2, 0.25) is 0 Å². The third-order valence-corrected chi connectivity index (χ3v) is 4.96. The summed E-state index contributed by atoms with van der Waals surface area (Å²) in [6.45, 7) is 2.09. The molecule has 3 aromatic rings. The number of rotatable bonds is 5. The Morgan fingerprint density at radius 1 is 1.23 bits per heavy atom.